The predicted octanol–water partition coefficient (Wildman–Crippen LogP) is 3.98. The molecule has 132 valence electrons. The van der Waals surface area contributed by atoms with Gasteiger partial charge < -0.3 is 9.80 Å². The molecule has 0 spiro atoms. The van der Waals surface area contributed by atoms with Crippen molar-refractivity contribution in [2.24, 2.45) is 5.92 Å². The number of benzene rings is 1. The molecule has 1 aromatic heterocycles. The molecule has 0 radical (unpaired) electrons. The van der Waals surface area contributed by atoms with Crippen LogP contribution in [0, 0.1) is 5.92 Å². The van der Waals surface area contributed by atoms with Gasteiger partial charge in [-0.1, -0.05) is 37.3 Å². The van der Waals surface area contributed by atoms with E-state index in [9.17, 15) is 4.79 Å². The first-order valence-electron chi connectivity index (χ1n) is 9.21. The standard InChI is InChI=1S/C21H27N3O/c1-3-23(16-18-9-5-4-6-10-18)21(25)20-14-19(11-12-22-20)24-13-7-8-17(2)15-24/h4-6,9-12,14,17H,3,7-8,13,15-16H2,1-2H3. The van der Waals surface area contributed by atoms with Crippen LogP contribution < -0.4 is 4.90 Å². The van der Waals surface area contributed by atoms with Gasteiger partial charge in [0.2, 0.25) is 0 Å². The Bertz CT molecular complexity index is 701. The minimum Gasteiger partial charge on any atom is -0.371 e. The van der Waals surface area contributed by atoms with Crippen LogP contribution in [0.4, 0.5) is 5.69 Å². The minimum absolute atomic E-state index is 0.00161. The Labute approximate surface area is 150 Å². The number of hydrogen-bond donors (Lipinski definition) is 0. The summed E-state index contributed by atoms with van der Waals surface area (Å²) in [6.07, 6.45) is 4.26. The number of amides is 1. The molecule has 1 aromatic carbocycles. The number of pyridine rings is 1. The van der Waals surface area contributed by atoms with Crippen LogP contribution >= 0.6 is 0 Å². The zero-order chi connectivity index (χ0) is 17.6. The largest absolute Gasteiger partial charge is 0.371 e. The highest BCUT2D eigenvalue weighted by molar-refractivity contribution is 5.93. The predicted molar refractivity (Wildman–Crippen MR) is 102 cm³/mol. The van der Waals surface area contributed by atoms with Crippen LogP contribution in [-0.2, 0) is 6.54 Å². The molecule has 1 amide bonds. The lowest BCUT2D eigenvalue weighted by atomic mass is 10.00. The van der Waals surface area contributed by atoms with E-state index in [1.807, 2.05) is 42.2 Å². The number of rotatable bonds is 5. The van der Waals surface area contributed by atoms with Crippen molar-refractivity contribution in [3.63, 3.8) is 0 Å². The third-order valence-electron chi connectivity index (χ3n) is 4.87. The zero-order valence-electron chi connectivity index (χ0n) is 15.2. The van der Waals surface area contributed by atoms with Crippen LogP contribution in [0.2, 0.25) is 0 Å². The second-order valence-corrected chi connectivity index (χ2v) is 6.90. The number of nitrogens with zero attached hydrogens (tertiary/aromatic N) is 3. The molecule has 0 N–H and O–H groups in total. The van der Waals surface area contributed by atoms with E-state index >= 15 is 0 Å². The fourth-order valence-corrected chi connectivity index (χ4v) is 3.45. The van der Waals surface area contributed by atoms with Gasteiger partial charge in [-0.2, -0.15) is 0 Å². The molecule has 0 aliphatic carbocycles. The van der Waals surface area contributed by atoms with E-state index in [4.69, 9.17) is 0 Å². The summed E-state index contributed by atoms with van der Waals surface area (Å²) in [4.78, 5) is 21.5. The molecule has 4 heteroatoms. The van der Waals surface area contributed by atoms with Gasteiger partial charge in [0, 0.05) is 38.1 Å². The highest BCUT2D eigenvalue weighted by atomic mass is 16.2. The summed E-state index contributed by atoms with van der Waals surface area (Å²) < 4.78 is 0. The molecular weight excluding hydrogens is 310 g/mol. The number of aromatic nitrogens is 1. The normalized spacial score (nSPS) is 17.4. The monoisotopic (exact) mass is 337 g/mol. The Morgan fingerprint density at radius 2 is 2.08 bits per heavy atom. The van der Waals surface area contributed by atoms with Crippen LogP contribution in [0.15, 0.2) is 48.7 Å². The molecule has 0 bridgehead atoms. The van der Waals surface area contributed by atoms with Gasteiger partial charge in [0.15, 0.2) is 0 Å². The number of anilines is 1. The molecule has 1 saturated heterocycles. The van der Waals surface area contributed by atoms with Crippen LogP contribution in [0.3, 0.4) is 0 Å². The molecular formula is C21H27N3O. The molecule has 2 heterocycles. The maximum atomic E-state index is 12.9. The fraction of sp³-hybridized carbons (Fsp3) is 0.429. The Kier molecular flexibility index (Phi) is 5.69. The lowest BCUT2D eigenvalue weighted by molar-refractivity contribution is 0.0746. The van der Waals surface area contributed by atoms with Crippen LogP contribution in [0.5, 0.6) is 0 Å². The van der Waals surface area contributed by atoms with Gasteiger partial charge in [0.1, 0.15) is 5.69 Å². The van der Waals surface area contributed by atoms with E-state index in [1.165, 1.54) is 12.8 Å². The van der Waals surface area contributed by atoms with Gasteiger partial charge >= 0.3 is 0 Å². The van der Waals surface area contributed by atoms with Crippen molar-refractivity contribution >= 4 is 11.6 Å². The molecule has 1 fully saturated rings. The highest BCUT2D eigenvalue weighted by Crippen LogP contribution is 2.23. The summed E-state index contributed by atoms with van der Waals surface area (Å²) in [6.45, 7) is 7.70. The van der Waals surface area contributed by atoms with E-state index in [1.54, 1.807) is 6.20 Å². The molecule has 1 aliphatic rings. The van der Waals surface area contributed by atoms with Gasteiger partial charge in [-0.3, -0.25) is 9.78 Å². The lowest BCUT2D eigenvalue weighted by Gasteiger charge is -2.33. The molecule has 0 saturated carbocycles. The topological polar surface area (TPSA) is 36.4 Å². The second-order valence-electron chi connectivity index (χ2n) is 6.90. The fourth-order valence-electron chi connectivity index (χ4n) is 3.45. The lowest BCUT2D eigenvalue weighted by Crippen LogP contribution is -2.35. The van der Waals surface area contributed by atoms with Crippen molar-refractivity contribution < 1.29 is 4.79 Å². The third kappa shape index (κ3) is 4.38. The zero-order valence-corrected chi connectivity index (χ0v) is 15.2. The number of hydrogen-bond acceptors (Lipinski definition) is 3. The van der Waals surface area contributed by atoms with Crippen molar-refractivity contribution in [3.05, 3.63) is 59.9 Å². The van der Waals surface area contributed by atoms with E-state index in [2.05, 4.69) is 28.9 Å². The molecule has 4 nitrogen and oxygen atoms in total. The van der Waals surface area contributed by atoms with Crippen molar-refractivity contribution in [1.29, 1.82) is 0 Å². The van der Waals surface area contributed by atoms with Gasteiger partial charge in [0.05, 0.1) is 0 Å². The minimum atomic E-state index is -0.00161. The van der Waals surface area contributed by atoms with E-state index in [0.717, 1.165) is 24.3 Å². The summed E-state index contributed by atoms with van der Waals surface area (Å²) >= 11 is 0. The maximum absolute atomic E-state index is 12.9. The Balaban J connectivity index is 1.75. The van der Waals surface area contributed by atoms with Crippen molar-refractivity contribution in [3.8, 4) is 0 Å². The van der Waals surface area contributed by atoms with E-state index in [0.29, 0.717) is 24.7 Å². The molecule has 25 heavy (non-hydrogen) atoms. The number of piperidine rings is 1. The Morgan fingerprint density at radius 3 is 2.80 bits per heavy atom. The van der Waals surface area contributed by atoms with Crippen molar-refractivity contribution in [2.75, 3.05) is 24.5 Å². The summed E-state index contributed by atoms with van der Waals surface area (Å²) in [7, 11) is 0. The van der Waals surface area contributed by atoms with Crippen molar-refractivity contribution in [2.45, 2.75) is 33.2 Å². The average Bonchev–Trinajstić information content (AvgIpc) is 2.66. The van der Waals surface area contributed by atoms with E-state index < -0.39 is 0 Å². The first-order chi connectivity index (χ1) is 12.2. The van der Waals surface area contributed by atoms with Crippen LogP contribution in [0.1, 0.15) is 42.7 Å². The first-order valence-corrected chi connectivity index (χ1v) is 9.21. The molecule has 1 unspecified atom stereocenters. The van der Waals surface area contributed by atoms with Crippen LogP contribution in [-0.4, -0.2) is 35.4 Å². The summed E-state index contributed by atoms with van der Waals surface area (Å²) in [6, 6.07) is 14.1. The van der Waals surface area contributed by atoms with Gasteiger partial charge in [0.25, 0.3) is 5.91 Å². The van der Waals surface area contributed by atoms with Gasteiger partial charge in [-0.15, -0.1) is 0 Å². The third-order valence-corrected chi connectivity index (χ3v) is 4.87. The summed E-state index contributed by atoms with van der Waals surface area (Å²) in [5, 5.41) is 0. The maximum Gasteiger partial charge on any atom is 0.272 e. The Hall–Kier alpha value is -2.36. The van der Waals surface area contributed by atoms with E-state index in [-0.39, 0.29) is 5.91 Å². The average molecular weight is 337 g/mol. The number of carbonyl (C=O) groups is 1. The van der Waals surface area contributed by atoms with Gasteiger partial charge in [-0.05, 0) is 43.4 Å². The Morgan fingerprint density at radius 1 is 1.28 bits per heavy atom. The van der Waals surface area contributed by atoms with Gasteiger partial charge in [-0.25, -0.2) is 0 Å². The first kappa shape index (κ1) is 17.5. The molecule has 3 rings (SSSR count). The summed E-state index contributed by atoms with van der Waals surface area (Å²) in [5.41, 5.74) is 2.79. The molecule has 1 atom stereocenters. The summed E-state index contributed by atoms with van der Waals surface area (Å²) in [5.74, 6) is 0.699. The number of carbonyl (C=O) groups excluding carboxylic acids is 1. The second kappa shape index (κ2) is 8.15. The van der Waals surface area contributed by atoms with Crippen molar-refractivity contribution in [1.82, 2.24) is 9.88 Å². The molecule has 2 aromatic rings. The highest BCUT2D eigenvalue weighted by Gasteiger charge is 2.20. The quantitative estimate of drug-likeness (QED) is 0.828. The smallest absolute Gasteiger partial charge is 0.272 e. The van der Waals surface area contributed by atoms with Crippen LogP contribution in [0.25, 0.3) is 0 Å². The SMILES string of the molecule is CCN(Cc1ccccc1)C(=O)c1cc(N2CCCC(C)C2)ccn1. The molecule has 1 aliphatic heterocycles.